The minimum Gasteiger partial charge on any atom is -0.484 e. The number of thiazole rings is 1. The van der Waals surface area contributed by atoms with Crippen LogP contribution in [0.1, 0.15) is 0 Å². The third-order valence-corrected chi connectivity index (χ3v) is 5.18. The molecule has 0 spiro atoms. The molecule has 29 heavy (non-hydrogen) atoms. The van der Waals surface area contributed by atoms with Crippen molar-refractivity contribution < 1.29 is 9.53 Å². The van der Waals surface area contributed by atoms with E-state index in [4.69, 9.17) is 16.3 Å². The quantitative estimate of drug-likeness (QED) is 0.443. The minimum atomic E-state index is -0.244. The highest BCUT2D eigenvalue weighted by Gasteiger charge is 2.09. The Morgan fingerprint density at radius 2 is 1.90 bits per heavy atom. The average molecular weight is 422 g/mol. The lowest BCUT2D eigenvalue weighted by Gasteiger charge is -2.08. The van der Waals surface area contributed by atoms with Gasteiger partial charge in [-0.3, -0.25) is 9.78 Å². The number of carbonyl (C=O) groups is 1. The summed E-state index contributed by atoms with van der Waals surface area (Å²) >= 11 is 7.40. The molecule has 0 aliphatic carbocycles. The summed E-state index contributed by atoms with van der Waals surface area (Å²) in [7, 11) is 0. The summed E-state index contributed by atoms with van der Waals surface area (Å²) in [5.74, 6) is 0.343. The normalized spacial score (nSPS) is 10.5. The Labute approximate surface area is 177 Å². The molecule has 0 aliphatic rings. The molecule has 0 atom stereocenters. The molecule has 1 N–H and O–H groups in total. The van der Waals surface area contributed by atoms with Crippen molar-refractivity contribution in [1.82, 2.24) is 9.97 Å². The molecular weight excluding hydrogens is 406 g/mol. The predicted molar refractivity (Wildman–Crippen MR) is 116 cm³/mol. The average Bonchev–Trinajstić information content (AvgIpc) is 3.25. The second kappa shape index (κ2) is 8.86. The van der Waals surface area contributed by atoms with E-state index in [1.807, 2.05) is 41.8 Å². The summed E-state index contributed by atoms with van der Waals surface area (Å²) in [4.78, 5) is 21.0. The molecule has 2 aromatic heterocycles. The number of nitrogens with one attached hydrogen (secondary N) is 1. The van der Waals surface area contributed by atoms with Crippen LogP contribution in [0.4, 0.5) is 5.69 Å². The molecule has 144 valence electrons. The van der Waals surface area contributed by atoms with Gasteiger partial charge in [-0.05, 0) is 48.5 Å². The van der Waals surface area contributed by atoms with Gasteiger partial charge in [0, 0.05) is 39.6 Å². The van der Waals surface area contributed by atoms with Crippen molar-refractivity contribution in [2.24, 2.45) is 0 Å². The zero-order valence-corrected chi connectivity index (χ0v) is 16.8. The summed E-state index contributed by atoms with van der Waals surface area (Å²) in [5.41, 5.74) is 3.44. The summed E-state index contributed by atoms with van der Waals surface area (Å²) in [5, 5.41) is 6.36. The number of rotatable bonds is 6. The van der Waals surface area contributed by atoms with E-state index in [9.17, 15) is 4.79 Å². The van der Waals surface area contributed by atoms with E-state index in [-0.39, 0.29) is 12.5 Å². The third kappa shape index (κ3) is 4.99. The van der Waals surface area contributed by atoms with Crippen molar-refractivity contribution >= 4 is 34.5 Å². The number of aromatic nitrogens is 2. The highest BCUT2D eigenvalue weighted by molar-refractivity contribution is 7.13. The fourth-order valence-electron chi connectivity index (χ4n) is 2.66. The molecule has 4 rings (SSSR count). The van der Waals surface area contributed by atoms with Gasteiger partial charge in [0.25, 0.3) is 5.91 Å². The maximum Gasteiger partial charge on any atom is 0.262 e. The van der Waals surface area contributed by atoms with Crippen molar-refractivity contribution in [2.45, 2.75) is 0 Å². The lowest BCUT2D eigenvalue weighted by molar-refractivity contribution is -0.118. The van der Waals surface area contributed by atoms with Gasteiger partial charge in [0.05, 0.1) is 5.69 Å². The van der Waals surface area contributed by atoms with Gasteiger partial charge in [-0.1, -0.05) is 23.7 Å². The number of ether oxygens (including phenoxy) is 1. The number of hydrogen-bond acceptors (Lipinski definition) is 5. The van der Waals surface area contributed by atoms with Crippen LogP contribution in [0.3, 0.4) is 0 Å². The van der Waals surface area contributed by atoms with Crippen LogP contribution < -0.4 is 10.1 Å². The summed E-state index contributed by atoms with van der Waals surface area (Å²) in [6.07, 6.45) is 3.53. The number of carbonyl (C=O) groups excluding carboxylic acids is 1. The fraction of sp³-hybridized carbons (Fsp3) is 0.0455. The van der Waals surface area contributed by atoms with Gasteiger partial charge >= 0.3 is 0 Å². The summed E-state index contributed by atoms with van der Waals surface area (Å²) in [6, 6.07) is 18.3. The van der Waals surface area contributed by atoms with Gasteiger partial charge in [-0.2, -0.15) is 0 Å². The summed E-state index contributed by atoms with van der Waals surface area (Å²) < 4.78 is 5.47. The molecule has 0 saturated carbocycles. The van der Waals surface area contributed by atoms with Gasteiger partial charge in [0.1, 0.15) is 10.8 Å². The highest BCUT2D eigenvalue weighted by atomic mass is 35.5. The second-order valence-corrected chi connectivity index (χ2v) is 7.45. The second-order valence-electron chi connectivity index (χ2n) is 6.15. The summed E-state index contributed by atoms with van der Waals surface area (Å²) in [6.45, 7) is -0.0896. The molecule has 0 unspecified atom stereocenters. The lowest BCUT2D eigenvalue weighted by Crippen LogP contribution is -2.20. The van der Waals surface area contributed by atoms with E-state index in [1.165, 1.54) is 0 Å². The topological polar surface area (TPSA) is 64.1 Å². The number of nitrogens with zero attached hydrogens (tertiary/aromatic N) is 2. The van der Waals surface area contributed by atoms with E-state index in [1.54, 1.807) is 48.0 Å². The number of benzene rings is 2. The monoisotopic (exact) mass is 421 g/mol. The van der Waals surface area contributed by atoms with E-state index < -0.39 is 0 Å². The van der Waals surface area contributed by atoms with Gasteiger partial charge in [0.2, 0.25) is 0 Å². The molecule has 0 saturated heterocycles. The first kappa shape index (κ1) is 19.1. The van der Waals surface area contributed by atoms with E-state index in [0.717, 1.165) is 21.8 Å². The van der Waals surface area contributed by atoms with Crippen LogP contribution >= 0.6 is 22.9 Å². The van der Waals surface area contributed by atoms with E-state index in [2.05, 4.69) is 15.3 Å². The smallest absolute Gasteiger partial charge is 0.262 e. The molecule has 0 bridgehead atoms. The van der Waals surface area contributed by atoms with Crippen LogP contribution in [0, 0.1) is 0 Å². The van der Waals surface area contributed by atoms with Crippen molar-refractivity contribution in [1.29, 1.82) is 0 Å². The molecule has 4 aromatic rings. The van der Waals surface area contributed by atoms with E-state index in [0.29, 0.717) is 16.5 Å². The molecule has 2 aromatic carbocycles. The molecule has 7 heteroatoms. The SMILES string of the molecule is O=C(COc1ccc(Cl)cc1)Nc1cccc(-c2csc(-c3cccnc3)n2)c1. The van der Waals surface area contributed by atoms with Crippen LogP contribution in [0.15, 0.2) is 78.4 Å². The predicted octanol–water partition coefficient (Wildman–Crippen LogP) is 5.54. The first-order chi connectivity index (χ1) is 14.2. The minimum absolute atomic E-state index is 0.0896. The van der Waals surface area contributed by atoms with Crippen molar-refractivity contribution in [3.05, 3.63) is 83.5 Å². The maximum atomic E-state index is 12.2. The number of amides is 1. The van der Waals surface area contributed by atoms with Gasteiger partial charge < -0.3 is 10.1 Å². The molecule has 5 nitrogen and oxygen atoms in total. The molecule has 1 amide bonds. The molecule has 0 radical (unpaired) electrons. The van der Waals surface area contributed by atoms with Crippen LogP contribution in [-0.4, -0.2) is 22.5 Å². The van der Waals surface area contributed by atoms with Crippen molar-refractivity contribution in [3.8, 4) is 27.6 Å². The third-order valence-electron chi connectivity index (χ3n) is 4.04. The van der Waals surface area contributed by atoms with Gasteiger partial charge in [-0.15, -0.1) is 11.3 Å². The highest BCUT2D eigenvalue weighted by Crippen LogP contribution is 2.29. The zero-order valence-electron chi connectivity index (χ0n) is 15.2. The Balaban J connectivity index is 1.41. The van der Waals surface area contributed by atoms with Crippen LogP contribution in [-0.2, 0) is 4.79 Å². The van der Waals surface area contributed by atoms with Crippen LogP contribution in [0.2, 0.25) is 5.02 Å². The van der Waals surface area contributed by atoms with Gasteiger partial charge in [0.15, 0.2) is 6.61 Å². The van der Waals surface area contributed by atoms with Crippen LogP contribution in [0.25, 0.3) is 21.8 Å². The van der Waals surface area contributed by atoms with Crippen molar-refractivity contribution in [2.75, 3.05) is 11.9 Å². The molecule has 2 heterocycles. The number of hydrogen-bond donors (Lipinski definition) is 1. The Hall–Kier alpha value is -3.22. The Bertz CT molecular complexity index is 1110. The van der Waals surface area contributed by atoms with E-state index >= 15 is 0 Å². The standard InChI is InChI=1S/C22H16ClN3O2S/c23-17-6-8-19(9-7-17)28-13-21(27)25-18-5-1-3-15(11-18)20-14-29-22(26-20)16-4-2-10-24-12-16/h1-12,14H,13H2,(H,25,27). The Morgan fingerprint density at radius 3 is 2.69 bits per heavy atom. The lowest BCUT2D eigenvalue weighted by atomic mass is 10.1. The Kier molecular flexibility index (Phi) is 5.84. The molecule has 0 aliphatic heterocycles. The fourth-order valence-corrected chi connectivity index (χ4v) is 3.61. The molecule has 0 fully saturated rings. The zero-order chi connectivity index (χ0) is 20.1. The largest absolute Gasteiger partial charge is 0.484 e. The first-order valence-electron chi connectivity index (χ1n) is 8.82. The Morgan fingerprint density at radius 1 is 1.07 bits per heavy atom. The number of halogens is 1. The maximum absolute atomic E-state index is 12.2. The molecular formula is C22H16ClN3O2S. The number of pyridine rings is 1. The van der Waals surface area contributed by atoms with Crippen molar-refractivity contribution in [3.63, 3.8) is 0 Å². The number of anilines is 1. The van der Waals surface area contributed by atoms with Crippen LogP contribution in [0.5, 0.6) is 5.75 Å². The first-order valence-corrected chi connectivity index (χ1v) is 10.1. The van der Waals surface area contributed by atoms with Gasteiger partial charge in [-0.25, -0.2) is 4.98 Å².